The molecule has 29 heavy (non-hydrogen) atoms. The van der Waals surface area contributed by atoms with E-state index < -0.39 is 28.6 Å². The Kier molecular flexibility index (Phi) is 5.29. The molecule has 2 aromatic carbocycles. The number of hydrogen-bond acceptors (Lipinski definition) is 6. The number of carbonyl (C=O) groups excluding carboxylic acids is 3. The molecule has 0 aromatic heterocycles. The minimum atomic E-state index is -1.26. The molecule has 0 unspecified atom stereocenters. The smallest absolute Gasteiger partial charge is 0.337 e. The van der Waals surface area contributed by atoms with Gasteiger partial charge in [0.25, 0.3) is 17.5 Å². The molecule has 3 rings (SSSR count). The van der Waals surface area contributed by atoms with Gasteiger partial charge in [0.1, 0.15) is 0 Å². The maximum absolute atomic E-state index is 12.4. The number of nitro groups is 1. The molecule has 0 saturated carbocycles. The number of nitrogens with one attached hydrogen (secondary N) is 1. The van der Waals surface area contributed by atoms with E-state index in [1.807, 2.05) is 0 Å². The molecule has 10 nitrogen and oxygen atoms in total. The second-order valence-electron chi connectivity index (χ2n) is 6.04. The van der Waals surface area contributed by atoms with Crippen LogP contribution in [0.2, 0.25) is 5.02 Å². The fraction of sp³-hybridized carbons (Fsp3) is 0.111. The first-order valence-corrected chi connectivity index (χ1v) is 8.54. The second kappa shape index (κ2) is 7.68. The van der Waals surface area contributed by atoms with E-state index in [0.29, 0.717) is 0 Å². The SMILES string of the molecule is O=C(CCN1C(=O)c2ccc([N+](=O)[O-])cc2C1=O)Nc1cc(Cl)ccc1C(=O)O. The Hall–Kier alpha value is -3.79. The summed E-state index contributed by atoms with van der Waals surface area (Å²) in [6, 6.07) is 7.19. The summed E-state index contributed by atoms with van der Waals surface area (Å²) in [7, 11) is 0. The average Bonchev–Trinajstić information content (AvgIpc) is 2.90. The van der Waals surface area contributed by atoms with Crippen LogP contribution in [0.25, 0.3) is 0 Å². The fourth-order valence-electron chi connectivity index (χ4n) is 2.83. The van der Waals surface area contributed by atoms with Crippen molar-refractivity contribution in [2.24, 2.45) is 0 Å². The third-order valence-electron chi connectivity index (χ3n) is 4.21. The van der Waals surface area contributed by atoms with E-state index >= 15 is 0 Å². The number of hydrogen-bond donors (Lipinski definition) is 2. The lowest BCUT2D eigenvalue weighted by Gasteiger charge is -2.14. The number of nitrogens with zero attached hydrogens (tertiary/aromatic N) is 2. The van der Waals surface area contributed by atoms with Crippen LogP contribution in [-0.2, 0) is 4.79 Å². The van der Waals surface area contributed by atoms with Crippen LogP contribution in [0.4, 0.5) is 11.4 Å². The number of anilines is 1. The number of halogens is 1. The van der Waals surface area contributed by atoms with Crippen LogP contribution in [0.5, 0.6) is 0 Å². The van der Waals surface area contributed by atoms with Gasteiger partial charge < -0.3 is 10.4 Å². The van der Waals surface area contributed by atoms with Gasteiger partial charge in [-0.25, -0.2) is 4.79 Å². The molecule has 11 heteroatoms. The third-order valence-corrected chi connectivity index (χ3v) is 4.45. The maximum Gasteiger partial charge on any atom is 0.337 e. The standard InChI is InChI=1S/C18H12ClN3O7/c19-9-1-3-12(18(26)27)14(7-9)20-15(23)5-6-21-16(24)11-4-2-10(22(28)29)8-13(11)17(21)25/h1-4,7-8H,5-6H2,(H,20,23)(H,26,27). The van der Waals surface area contributed by atoms with Crippen molar-refractivity contribution in [3.05, 3.63) is 68.2 Å². The first-order valence-electron chi connectivity index (χ1n) is 8.16. The monoisotopic (exact) mass is 417 g/mol. The zero-order valence-corrected chi connectivity index (χ0v) is 15.3. The van der Waals surface area contributed by atoms with E-state index in [9.17, 15) is 29.3 Å². The molecule has 0 radical (unpaired) electrons. The number of aromatic carboxylic acids is 1. The van der Waals surface area contributed by atoms with Crippen molar-refractivity contribution in [1.29, 1.82) is 0 Å². The van der Waals surface area contributed by atoms with Gasteiger partial charge in [-0.3, -0.25) is 29.4 Å². The Morgan fingerprint density at radius 1 is 1.10 bits per heavy atom. The number of nitro benzene ring substituents is 1. The predicted octanol–water partition coefficient (Wildman–Crippen LogP) is 2.57. The summed E-state index contributed by atoms with van der Waals surface area (Å²) >= 11 is 5.82. The molecule has 0 atom stereocenters. The first-order chi connectivity index (χ1) is 13.7. The number of non-ortho nitro benzene ring substituents is 1. The van der Waals surface area contributed by atoms with Crippen LogP contribution >= 0.6 is 11.6 Å². The number of carboxylic acid groups (broad SMARTS) is 1. The molecule has 1 aliphatic rings. The van der Waals surface area contributed by atoms with Crippen molar-refractivity contribution >= 4 is 46.7 Å². The molecular weight excluding hydrogens is 406 g/mol. The van der Waals surface area contributed by atoms with Gasteiger partial charge in [0.05, 0.1) is 27.3 Å². The number of rotatable bonds is 6. The van der Waals surface area contributed by atoms with Crippen LogP contribution in [0.3, 0.4) is 0 Å². The molecule has 0 bridgehead atoms. The Bertz CT molecular complexity index is 1080. The molecule has 1 heterocycles. The number of amides is 3. The number of imide groups is 1. The van der Waals surface area contributed by atoms with Crippen molar-refractivity contribution in [3.63, 3.8) is 0 Å². The van der Waals surface area contributed by atoms with Crippen LogP contribution in [0.1, 0.15) is 37.5 Å². The van der Waals surface area contributed by atoms with Crippen LogP contribution < -0.4 is 5.32 Å². The molecular formula is C18H12ClN3O7. The van der Waals surface area contributed by atoms with Gasteiger partial charge in [0.15, 0.2) is 0 Å². The summed E-state index contributed by atoms with van der Waals surface area (Å²) in [5.41, 5.74) is -0.605. The molecule has 0 aliphatic carbocycles. The van der Waals surface area contributed by atoms with Gasteiger partial charge >= 0.3 is 5.97 Å². The summed E-state index contributed by atoms with van der Waals surface area (Å²) in [6.45, 7) is -0.283. The summed E-state index contributed by atoms with van der Waals surface area (Å²) in [4.78, 5) is 59.2. The van der Waals surface area contributed by atoms with Crippen molar-refractivity contribution in [2.45, 2.75) is 6.42 Å². The van der Waals surface area contributed by atoms with Gasteiger partial charge in [-0.15, -0.1) is 0 Å². The largest absolute Gasteiger partial charge is 0.478 e. The predicted molar refractivity (Wildman–Crippen MR) is 100 cm³/mol. The van der Waals surface area contributed by atoms with Crippen LogP contribution in [-0.4, -0.2) is 45.2 Å². The van der Waals surface area contributed by atoms with Crippen LogP contribution in [0.15, 0.2) is 36.4 Å². The molecule has 2 aromatic rings. The minimum Gasteiger partial charge on any atom is -0.478 e. The highest BCUT2D eigenvalue weighted by Gasteiger charge is 2.36. The number of carboxylic acids is 1. The van der Waals surface area contributed by atoms with E-state index in [1.165, 1.54) is 24.3 Å². The topological polar surface area (TPSA) is 147 Å². The summed E-state index contributed by atoms with van der Waals surface area (Å²) < 4.78 is 0. The fourth-order valence-corrected chi connectivity index (χ4v) is 3.00. The minimum absolute atomic E-state index is 0.0176. The van der Waals surface area contributed by atoms with Crippen LogP contribution in [0, 0.1) is 10.1 Å². The highest BCUT2D eigenvalue weighted by Crippen LogP contribution is 2.27. The lowest BCUT2D eigenvalue weighted by molar-refractivity contribution is -0.384. The van der Waals surface area contributed by atoms with Crippen molar-refractivity contribution in [3.8, 4) is 0 Å². The molecule has 0 fully saturated rings. The summed E-state index contributed by atoms with van der Waals surface area (Å²) in [5.74, 6) is -3.31. The van der Waals surface area contributed by atoms with Gasteiger partial charge in [-0.2, -0.15) is 0 Å². The number of carbonyl (C=O) groups is 4. The van der Waals surface area contributed by atoms with Gasteiger partial charge in [-0.1, -0.05) is 11.6 Å². The van der Waals surface area contributed by atoms with E-state index in [4.69, 9.17) is 16.7 Å². The Morgan fingerprint density at radius 2 is 1.79 bits per heavy atom. The quantitative estimate of drug-likeness (QED) is 0.417. The zero-order valence-electron chi connectivity index (χ0n) is 14.5. The lowest BCUT2D eigenvalue weighted by Crippen LogP contribution is -2.33. The van der Waals surface area contributed by atoms with Gasteiger partial charge in [-0.05, 0) is 24.3 Å². The number of benzene rings is 2. The molecule has 3 amide bonds. The van der Waals surface area contributed by atoms with E-state index in [-0.39, 0.29) is 46.1 Å². The summed E-state index contributed by atoms with van der Waals surface area (Å²) in [6.07, 6.45) is -0.306. The Balaban J connectivity index is 1.71. The third kappa shape index (κ3) is 3.92. The molecule has 0 saturated heterocycles. The van der Waals surface area contributed by atoms with Gasteiger partial charge in [0.2, 0.25) is 5.91 Å². The van der Waals surface area contributed by atoms with Gasteiger partial charge in [0, 0.05) is 30.1 Å². The molecule has 0 spiro atoms. The Morgan fingerprint density at radius 3 is 2.45 bits per heavy atom. The highest BCUT2D eigenvalue weighted by molar-refractivity contribution is 6.31. The van der Waals surface area contributed by atoms with Crippen molar-refractivity contribution in [1.82, 2.24) is 4.90 Å². The first kappa shape index (κ1) is 20.0. The normalized spacial score (nSPS) is 12.7. The van der Waals surface area contributed by atoms with Crippen molar-refractivity contribution < 1.29 is 29.2 Å². The van der Waals surface area contributed by atoms with E-state index in [2.05, 4.69) is 5.32 Å². The maximum atomic E-state index is 12.4. The molecule has 1 aliphatic heterocycles. The Labute approximate surface area is 167 Å². The molecule has 2 N–H and O–H groups in total. The average molecular weight is 418 g/mol. The highest BCUT2D eigenvalue weighted by atomic mass is 35.5. The second-order valence-corrected chi connectivity index (χ2v) is 6.48. The van der Waals surface area contributed by atoms with E-state index in [1.54, 1.807) is 0 Å². The van der Waals surface area contributed by atoms with Crippen molar-refractivity contribution in [2.75, 3.05) is 11.9 Å². The van der Waals surface area contributed by atoms with E-state index in [0.717, 1.165) is 17.0 Å². The summed E-state index contributed by atoms with van der Waals surface area (Å²) in [5, 5.41) is 22.6. The zero-order chi connectivity index (χ0) is 21.3. The number of fused-ring (bicyclic) bond motifs is 1. The lowest BCUT2D eigenvalue weighted by atomic mass is 10.1. The molecule has 148 valence electrons.